The summed E-state index contributed by atoms with van der Waals surface area (Å²) >= 11 is 0. The molecule has 4 aromatic rings. The number of hydrogen-bond acceptors (Lipinski definition) is 7. The fourth-order valence-electron chi connectivity index (χ4n) is 4.38. The first-order chi connectivity index (χ1) is 16.7. The number of anilines is 1. The number of ether oxygens (including phenoxy) is 2. The number of fused-ring (bicyclic) bond motifs is 1. The van der Waals surface area contributed by atoms with Crippen molar-refractivity contribution in [3.8, 4) is 17.1 Å². The van der Waals surface area contributed by atoms with E-state index in [0.717, 1.165) is 52.7 Å². The predicted octanol–water partition coefficient (Wildman–Crippen LogP) is 2.79. The fraction of sp³-hybridized carbons (Fsp3) is 0.400. The lowest BCUT2D eigenvalue weighted by atomic mass is 10.1. The van der Waals surface area contributed by atoms with Crippen molar-refractivity contribution in [3.63, 3.8) is 0 Å². The zero-order chi connectivity index (χ0) is 23.5. The zero-order valence-corrected chi connectivity index (χ0v) is 20.0. The molecule has 178 valence electrons. The maximum absolute atomic E-state index is 5.59. The topological polar surface area (TPSA) is 82.3 Å². The highest BCUT2D eigenvalue weighted by Gasteiger charge is 2.21. The van der Waals surface area contributed by atoms with Crippen molar-refractivity contribution in [2.75, 3.05) is 52.0 Å². The summed E-state index contributed by atoms with van der Waals surface area (Å²) in [4.78, 5) is 12.1. The largest absolute Gasteiger partial charge is 0.383 e. The van der Waals surface area contributed by atoms with Crippen LogP contribution in [0.5, 0.6) is 0 Å². The number of pyridine rings is 1. The molecule has 1 fully saturated rings. The van der Waals surface area contributed by atoms with Gasteiger partial charge in [-0.05, 0) is 26.1 Å². The van der Waals surface area contributed by atoms with Gasteiger partial charge in [0, 0.05) is 44.9 Å². The van der Waals surface area contributed by atoms with Crippen molar-refractivity contribution in [3.05, 3.63) is 54.0 Å². The molecule has 0 atom stereocenters. The lowest BCUT2D eigenvalue weighted by Gasteiger charge is -2.29. The number of nitrogens with zero attached hydrogens (tertiary/aromatic N) is 6. The summed E-state index contributed by atoms with van der Waals surface area (Å²) in [7, 11) is 3.65. The summed E-state index contributed by atoms with van der Waals surface area (Å²) in [5.41, 5.74) is 7.05. The molecular formula is C25H31N7O2. The molecular weight excluding hydrogens is 430 g/mol. The number of aromatic nitrogens is 5. The molecule has 0 spiro atoms. The van der Waals surface area contributed by atoms with Crippen LogP contribution in [0.15, 0.2) is 42.7 Å². The molecule has 0 saturated carbocycles. The molecule has 0 radical (unpaired) electrons. The van der Waals surface area contributed by atoms with E-state index in [-0.39, 0.29) is 0 Å². The van der Waals surface area contributed by atoms with Crippen molar-refractivity contribution in [2.45, 2.75) is 20.0 Å². The number of imidazole rings is 1. The Labute approximate surface area is 199 Å². The lowest BCUT2D eigenvalue weighted by Crippen LogP contribution is -2.36. The van der Waals surface area contributed by atoms with E-state index in [4.69, 9.17) is 24.5 Å². The summed E-state index contributed by atoms with van der Waals surface area (Å²) in [6.45, 7) is 7.09. The lowest BCUT2D eigenvalue weighted by molar-refractivity contribution is 0.123. The second-order valence-electron chi connectivity index (χ2n) is 8.53. The smallest absolute Gasteiger partial charge is 0.164 e. The molecule has 1 saturated heterocycles. The average molecular weight is 462 g/mol. The van der Waals surface area contributed by atoms with Gasteiger partial charge in [0.25, 0.3) is 0 Å². The molecule has 4 heterocycles. The van der Waals surface area contributed by atoms with Crippen LogP contribution in [-0.2, 0) is 22.6 Å². The Morgan fingerprint density at radius 1 is 1.15 bits per heavy atom. The van der Waals surface area contributed by atoms with Crippen LogP contribution in [0.2, 0.25) is 0 Å². The average Bonchev–Trinajstić information content (AvgIpc) is 3.47. The van der Waals surface area contributed by atoms with Gasteiger partial charge in [-0.25, -0.2) is 14.6 Å². The molecule has 1 aliphatic heterocycles. The highest BCUT2D eigenvalue weighted by Crippen LogP contribution is 2.30. The molecule has 1 aromatic carbocycles. The van der Waals surface area contributed by atoms with Crippen molar-refractivity contribution < 1.29 is 9.47 Å². The van der Waals surface area contributed by atoms with Gasteiger partial charge in [0.1, 0.15) is 5.52 Å². The molecule has 5 rings (SSSR count). The van der Waals surface area contributed by atoms with Crippen molar-refractivity contribution in [1.82, 2.24) is 29.6 Å². The van der Waals surface area contributed by atoms with Crippen LogP contribution in [-0.4, -0.2) is 71.4 Å². The number of morpholine rings is 1. The summed E-state index contributed by atoms with van der Waals surface area (Å²) in [6.07, 6.45) is 1.85. The zero-order valence-electron chi connectivity index (χ0n) is 20.0. The van der Waals surface area contributed by atoms with Crippen LogP contribution in [0.1, 0.15) is 11.3 Å². The number of benzene rings is 1. The maximum Gasteiger partial charge on any atom is 0.164 e. The third-order valence-electron chi connectivity index (χ3n) is 6.10. The summed E-state index contributed by atoms with van der Waals surface area (Å²) in [5, 5.41) is 8.27. The molecule has 9 nitrogen and oxygen atoms in total. The van der Waals surface area contributed by atoms with Crippen LogP contribution in [0.3, 0.4) is 0 Å². The van der Waals surface area contributed by atoms with Gasteiger partial charge >= 0.3 is 0 Å². The van der Waals surface area contributed by atoms with Crippen molar-refractivity contribution in [1.29, 1.82) is 0 Å². The van der Waals surface area contributed by atoms with Crippen LogP contribution >= 0.6 is 0 Å². The fourth-order valence-corrected chi connectivity index (χ4v) is 4.38. The molecule has 0 bridgehead atoms. The second-order valence-corrected chi connectivity index (χ2v) is 8.53. The Kier molecular flexibility index (Phi) is 6.57. The van der Waals surface area contributed by atoms with Gasteiger partial charge < -0.3 is 24.3 Å². The molecule has 0 amide bonds. The van der Waals surface area contributed by atoms with Gasteiger partial charge in [-0.15, -0.1) is 0 Å². The van der Waals surface area contributed by atoms with E-state index in [0.29, 0.717) is 32.9 Å². The molecule has 0 unspecified atom stereocenters. The van der Waals surface area contributed by atoms with Gasteiger partial charge in [-0.2, -0.15) is 5.10 Å². The molecule has 3 aromatic heterocycles. The Morgan fingerprint density at radius 3 is 2.76 bits per heavy atom. The quantitative estimate of drug-likeness (QED) is 0.432. The first kappa shape index (κ1) is 22.5. The summed E-state index contributed by atoms with van der Waals surface area (Å²) < 4.78 is 14.9. The van der Waals surface area contributed by atoms with Crippen LogP contribution in [0.4, 0.5) is 5.69 Å². The molecule has 0 aliphatic carbocycles. The minimum Gasteiger partial charge on any atom is -0.383 e. The molecule has 9 heteroatoms. The van der Waals surface area contributed by atoms with E-state index in [1.807, 2.05) is 18.1 Å². The summed E-state index contributed by atoms with van der Waals surface area (Å²) in [5.74, 6) is 0.775. The maximum atomic E-state index is 5.59. The monoisotopic (exact) mass is 461 g/mol. The number of aryl methyl sites for hydroxylation is 1. The van der Waals surface area contributed by atoms with Gasteiger partial charge in [-0.1, -0.05) is 23.8 Å². The van der Waals surface area contributed by atoms with Crippen LogP contribution < -0.4 is 10.2 Å². The molecule has 1 aliphatic rings. The van der Waals surface area contributed by atoms with E-state index < -0.39 is 0 Å². The van der Waals surface area contributed by atoms with E-state index >= 15 is 0 Å². The first-order valence-corrected chi connectivity index (χ1v) is 11.7. The Balaban J connectivity index is 1.66. The number of methoxy groups -OCH3 is 1. The van der Waals surface area contributed by atoms with E-state index in [1.165, 1.54) is 5.56 Å². The number of hydrogen-bond donors (Lipinski definition) is 1. The summed E-state index contributed by atoms with van der Waals surface area (Å²) in [6, 6.07) is 12.7. The highest BCUT2D eigenvalue weighted by molar-refractivity contribution is 5.87. The number of rotatable bonds is 8. The predicted molar refractivity (Wildman–Crippen MR) is 132 cm³/mol. The van der Waals surface area contributed by atoms with Crippen molar-refractivity contribution in [2.24, 2.45) is 0 Å². The third-order valence-corrected chi connectivity index (χ3v) is 6.10. The highest BCUT2D eigenvalue weighted by atomic mass is 16.5. The third kappa shape index (κ3) is 4.42. The van der Waals surface area contributed by atoms with E-state index in [1.54, 1.807) is 7.11 Å². The van der Waals surface area contributed by atoms with Gasteiger partial charge in [0.05, 0.1) is 43.2 Å². The first-order valence-electron chi connectivity index (χ1n) is 11.7. The Morgan fingerprint density at radius 2 is 2.00 bits per heavy atom. The minimum atomic E-state index is 0.592. The minimum absolute atomic E-state index is 0.592. The molecule has 34 heavy (non-hydrogen) atoms. The van der Waals surface area contributed by atoms with Crippen molar-refractivity contribution >= 4 is 16.9 Å². The van der Waals surface area contributed by atoms with Crippen LogP contribution in [0, 0.1) is 6.92 Å². The number of nitrogens with one attached hydrogen (secondary N) is 1. The standard InChI is InChI=1S/C25H31N7O2/c1-18-5-4-6-19(13-18)21-14-20(16-26-2)32(29-21)23-15-22(30-8-11-34-12-9-30)24-25(28-23)31(17-27-24)7-10-33-3/h4-6,13-15,17,26H,7-12,16H2,1-3H3. The Bertz CT molecular complexity index is 1270. The van der Waals surface area contributed by atoms with E-state index in [2.05, 4.69) is 58.1 Å². The van der Waals surface area contributed by atoms with Crippen LogP contribution in [0.25, 0.3) is 28.2 Å². The van der Waals surface area contributed by atoms with E-state index in [9.17, 15) is 0 Å². The normalized spacial score (nSPS) is 14.3. The van der Waals surface area contributed by atoms with Gasteiger partial charge in [-0.3, -0.25) is 0 Å². The van der Waals surface area contributed by atoms with Gasteiger partial charge in [0.2, 0.25) is 0 Å². The SMILES string of the molecule is CNCc1cc(-c2cccc(C)c2)nn1-c1cc(N2CCOCC2)c2ncn(CCOC)c2n1. The second kappa shape index (κ2) is 9.92. The molecule has 1 N–H and O–H groups in total. The Hall–Kier alpha value is -3.27. The van der Waals surface area contributed by atoms with Gasteiger partial charge in [0.15, 0.2) is 11.5 Å².